The number of rotatable bonds is 5. The van der Waals surface area contributed by atoms with Crippen LogP contribution in [0.25, 0.3) is 6.08 Å². The lowest BCUT2D eigenvalue weighted by atomic mass is 10.2. The Morgan fingerprint density at radius 2 is 1.12 bits per heavy atom. The Morgan fingerprint density at radius 1 is 0.708 bits per heavy atom. The average molecular weight is 334 g/mol. The SMILES string of the molecule is O=P(c1ccccc1)(c1ccccc1)C(O)/C=C\c1ccccc1. The third kappa shape index (κ3) is 3.41. The minimum Gasteiger partial charge on any atom is -0.381 e. The molecule has 0 aromatic heterocycles. The van der Waals surface area contributed by atoms with E-state index in [0.717, 1.165) is 5.56 Å². The smallest absolute Gasteiger partial charge is 0.174 e. The second-order valence-electron chi connectivity index (χ2n) is 5.51. The summed E-state index contributed by atoms with van der Waals surface area (Å²) in [7, 11) is -3.18. The molecule has 0 bridgehead atoms. The van der Waals surface area contributed by atoms with Crippen molar-refractivity contribution in [2.45, 2.75) is 5.85 Å². The first kappa shape index (κ1) is 16.4. The summed E-state index contributed by atoms with van der Waals surface area (Å²) in [6.45, 7) is 0. The van der Waals surface area contributed by atoms with E-state index in [1.807, 2.05) is 97.1 Å². The zero-order valence-electron chi connectivity index (χ0n) is 13.2. The van der Waals surface area contributed by atoms with Crippen molar-refractivity contribution >= 4 is 23.8 Å². The first-order valence-electron chi connectivity index (χ1n) is 7.83. The molecule has 0 fully saturated rings. The van der Waals surface area contributed by atoms with Gasteiger partial charge in [-0.1, -0.05) is 97.1 Å². The molecule has 2 nitrogen and oxygen atoms in total. The molecule has 0 saturated carbocycles. The summed E-state index contributed by atoms with van der Waals surface area (Å²) >= 11 is 0. The molecule has 3 aromatic rings. The van der Waals surface area contributed by atoms with Crippen LogP contribution in [-0.4, -0.2) is 11.0 Å². The van der Waals surface area contributed by atoms with Gasteiger partial charge in [0, 0.05) is 10.6 Å². The van der Waals surface area contributed by atoms with Gasteiger partial charge in [-0.2, -0.15) is 0 Å². The average Bonchev–Trinajstić information content (AvgIpc) is 2.67. The lowest BCUT2D eigenvalue weighted by molar-refractivity contribution is 0.297. The second kappa shape index (κ2) is 7.44. The molecule has 24 heavy (non-hydrogen) atoms. The maximum Gasteiger partial charge on any atom is 0.174 e. The first-order valence-corrected chi connectivity index (χ1v) is 9.61. The topological polar surface area (TPSA) is 37.3 Å². The molecule has 3 aromatic carbocycles. The van der Waals surface area contributed by atoms with Gasteiger partial charge in [-0.05, 0) is 11.6 Å². The first-order chi connectivity index (χ1) is 11.7. The van der Waals surface area contributed by atoms with Crippen LogP contribution in [0.1, 0.15) is 5.56 Å². The fraction of sp³-hybridized carbons (Fsp3) is 0.0476. The molecule has 0 amide bonds. The highest BCUT2D eigenvalue weighted by Crippen LogP contribution is 2.48. The number of aliphatic hydroxyl groups excluding tert-OH is 1. The molecule has 0 saturated heterocycles. The van der Waals surface area contributed by atoms with Gasteiger partial charge in [0.25, 0.3) is 0 Å². The van der Waals surface area contributed by atoms with E-state index >= 15 is 0 Å². The summed E-state index contributed by atoms with van der Waals surface area (Å²) in [4.78, 5) is 0. The molecule has 0 aliphatic heterocycles. The summed E-state index contributed by atoms with van der Waals surface area (Å²) in [5, 5.41) is 12.1. The fourth-order valence-electron chi connectivity index (χ4n) is 2.64. The van der Waals surface area contributed by atoms with Crippen molar-refractivity contribution in [3.63, 3.8) is 0 Å². The number of hydrogen-bond donors (Lipinski definition) is 1. The van der Waals surface area contributed by atoms with Crippen LogP contribution in [0.4, 0.5) is 0 Å². The van der Waals surface area contributed by atoms with Crippen molar-refractivity contribution < 1.29 is 9.67 Å². The summed E-state index contributed by atoms with van der Waals surface area (Å²) in [5.74, 6) is -1.08. The molecule has 0 radical (unpaired) electrons. The third-order valence-corrected chi connectivity index (χ3v) is 6.96. The van der Waals surface area contributed by atoms with Crippen molar-refractivity contribution in [1.82, 2.24) is 0 Å². The van der Waals surface area contributed by atoms with E-state index in [4.69, 9.17) is 0 Å². The number of aliphatic hydroxyl groups is 1. The molecule has 1 N–H and O–H groups in total. The minimum absolute atomic E-state index is 0.654. The molecular weight excluding hydrogens is 315 g/mol. The van der Waals surface area contributed by atoms with E-state index in [2.05, 4.69) is 0 Å². The largest absolute Gasteiger partial charge is 0.381 e. The molecule has 0 aliphatic carbocycles. The van der Waals surface area contributed by atoms with E-state index in [0.29, 0.717) is 10.6 Å². The van der Waals surface area contributed by atoms with Gasteiger partial charge in [-0.25, -0.2) is 0 Å². The van der Waals surface area contributed by atoms with E-state index in [9.17, 15) is 9.67 Å². The van der Waals surface area contributed by atoms with Crippen LogP contribution in [0.2, 0.25) is 0 Å². The van der Waals surface area contributed by atoms with Crippen LogP contribution in [0.15, 0.2) is 97.1 Å². The maximum absolute atomic E-state index is 13.8. The van der Waals surface area contributed by atoms with Gasteiger partial charge in [0.15, 0.2) is 7.14 Å². The standard InChI is InChI=1S/C21H19O2P/c22-21(17-16-18-10-4-1-5-11-18)24(23,19-12-6-2-7-13-19)20-14-8-3-9-15-20/h1-17,21-22H/b17-16-. The highest BCUT2D eigenvalue weighted by molar-refractivity contribution is 7.79. The van der Waals surface area contributed by atoms with E-state index in [1.165, 1.54) is 0 Å². The van der Waals surface area contributed by atoms with Crippen LogP contribution < -0.4 is 10.6 Å². The zero-order valence-corrected chi connectivity index (χ0v) is 14.1. The Kier molecular flexibility index (Phi) is 5.10. The Morgan fingerprint density at radius 3 is 1.58 bits per heavy atom. The van der Waals surface area contributed by atoms with Crippen molar-refractivity contribution in [3.05, 3.63) is 103 Å². The summed E-state index contributed by atoms with van der Waals surface area (Å²) in [5.41, 5.74) is 0.962. The maximum atomic E-state index is 13.8. The van der Waals surface area contributed by atoms with Crippen LogP contribution in [0, 0.1) is 0 Å². The van der Waals surface area contributed by atoms with Crippen molar-refractivity contribution in [2.75, 3.05) is 0 Å². The quantitative estimate of drug-likeness (QED) is 0.715. The van der Waals surface area contributed by atoms with Crippen molar-refractivity contribution in [2.24, 2.45) is 0 Å². The second-order valence-corrected chi connectivity index (χ2v) is 8.39. The van der Waals surface area contributed by atoms with Crippen LogP contribution in [-0.2, 0) is 4.57 Å². The van der Waals surface area contributed by atoms with Gasteiger partial charge in [-0.3, -0.25) is 0 Å². The van der Waals surface area contributed by atoms with Crippen LogP contribution in [0.3, 0.4) is 0 Å². The highest BCUT2D eigenvalue weighted by atomic mass is 31.2. The molecule has 1 unspecified atom stereocenters. The molecule has 3 rings (SSSR count). The van der Waals surface area contributed by atoms with Crippen LogP contribution in [0.5, 0.6) is 0 Å². The normalized spacial score (nSPS) is 13.0. The molecule has 120 valence electrons. The van der Waals surface area contributed by atoms with Gasteiger partial charge >= 0.3 is 0 Å². The summed E-state index contributed by atoms with van der Waals surface area (Å²) in [6, 6.07) is 28.1. The molecule has 0 heterocycles. The number of benzene rings is 3. The van der Waals surface area contributed by atoms with E-state index in [-0.39, 0.29) is 0 Å². The summed E-state index contributed by atoms with van der Waals surface area (Å²) < 4.78 is 13.8. The molecule has 3 heteroatoms. The van der Waals surface area contributed by atoms with Gasteiger partial charge in [0.05, 0.1) is 0 Å². The van der Waals surface area contributed by atoms with Crippen molar-refractivity contribution in [1.29, 1.82) is 0 Å². The van der Waals surface area contributed by atoms with Crippen LogP contribution >= 0.6 is 7.14 Å². The monoisotopic (exact) mass is 334 g/mol. The van der Waals surface area contributed by atoms with Gasteiger partial charge in [0.2, 0.25) is 0 Å². The van der Waals surface area contributed by atoms with Gasteiger partial charge < -0.3 is 9.67 Å². The Bertz CT molecular complexity index is 799. The predicted octanol–water partition coefficient (Wildman–Crippen LogP) is 4.03. The third-order valence-electron chi connectivity index (χ3n) is 3.91. The van der Waals surface area contributed by atoms with Gasteiger partial charge in [0.1, 0.15) is 5.85 Å². The molecule has 0 aliphatic rings. The molecule has 1 atom stereocenters. The van der Waals surface area contributed by atoms with E-state index in [1.54, 1.807) is 6.08 Å². The predicted molar refractivity (Wildman–Crippen MR) is 101 cm³/mol. The summed E-state index contributed by atoms with van der Waals surface area (Å²) in [6.07, 6.45) is 3.43. The van der Waals surface area contributed by atoms with Gasteiger partial charge in [-0.15, -0.1) is 0 Å². The Labute approximate surface area is 142 Å². The van der Waals surface area contributed by atoms with E-state index < -0.39 is 13.0 Å². The Hall–Kier alpha value is -2.41. The molecule has 0 spiro atoms. The highest BCUT2D eigenvalue weighted by Gasteiger charge is 2.33. The lowest BCUT2D eigenvalue weighted by Crippen LogP contribution is -2.24. The Balaban J connectivity index is 2.02. The number of hydrogen-bond acceptors (Lipinski definition) is 2. The zero-order chi connectivity index (χ0) is 16.8. The van der Waals surface area contributed by atoms with Crippen molar-refractivity contribution in [3.8, 4) is 0 Å². The lowest BCUT2D eigenvalue weighted by Gasteiger charge is -2.22. The molecular formula is C21H19O2P. The minimum atomic E-state index is -3.18. The fourth-order valence-corrected chi connectivity index (χ4v) is 5.10.